The van der Waals surface area contributed by atoms with E-state index in [9.17, 15) is 10.1 Å². The van der Waals surface area contributed by atoms with Crippen LogP contribution in [-0.2, 0) is 13.2 Å². The van der Waals surface area contributed by atoms with Crippen molar-refractivity contribution in [1.29, 1.82) is 0 Å². The van der Waals surface area contributed by atoms with E-state index in [-0.39, 0.29) is 18.3 Å². The summed E-state index contributed by atoms with van der Waals surface area (Å²) < 4.78 is 5.36. The van der Waals surface area contributed by atoms with Crippen molar-refractivity contribution in [2.24, 2.45) is 0 Å². The van der Waals surface area contributed by atoms with Gasteiger partial charge < -0.3 is 14.8 Å². The highest BCUT2D eigenvalue weighted by Crippen LogP contribution is 2.19. The van der Waals surface area contributed by atoms with Crippen LogP contribution < -0.4 is 5.32 Å². The van der Waals surface area contributed by atoms with E-state index in [2.05, 4.69) is 5.32 Å². The van der Waals surface area contributed by atoms with Gasteiger partial charge in [0.25, 0.3) is 5.69 Å². The lowest BCUT2D eigenvalue weighted by atomic mass is 10.1. The number of benzene rings is 1. The number of aliphatic hydroxyl groups is 1. The van der Waals surface area contributed by atoms with Gasteiger partial charge in [-0.05, 0) is 24.6 Å². The first-order chi connectivity index (χ1) is 9.60. The van der Waals surface area contributed by atoms with Gasteiger partial charge in [0.2, 0.25) is 0 Å². The molecule has 1 atom stereocenters. The molecule has 1 aromatic carbocycles. The van der Waals surface area contributed by atoms with Crippen LogP contribution in [0.3, 0.4) is 0 Å². The van der Waals surface area contributed by atoms with Crippen LogP contribution in [0.4, 0.5) is 5.69 Å². The summed E-state index contributed by atoms with van der Waals surface area (Å²) in [6, 6.07) is 10.00. The molecule has 2 N–H and O–H groups in total. The predicted octanol–water partition coefficient (Wildman–Crippen LogP) is 2.53. The molecule has 0 saturated carbocycles. The first kappa shape index (κ1) is 14.2. The van der Waals surface area contributed by atoms with Gasteiger partial charge >= 0.3 is 0 Å². The van der Waals surface area contributed by atoms with E-state index in [4.69, 9.17) is 9.52 Å². The number of nitro groups is 1. The van der Waals surface area contributed by atoms with Gasteiger partial charge in [0.05, 0.1) is 11.5 Å². The fraction of sp³-hybridized carbons (Fsp3) is 0.286. The standard InChI is InChI=1S/C14H16N2O4/c1-10(11-3-2-4-12(7-11)16(18)19)15-8-13-5-6-14(9-17)20-13/h2-7,10,15,17H,8-9H2,1H3. The molecule has 2 aromatic rings. The minimum Gasteiger partial charge on any atom is -0.462 e. The van der Waals surface area contributed by atoms with Crippen molar-refractivity contribution in [3.8, 4) is 0 Å². The third-order valence-electron chi connectivity index (χ3n) is 3.04. The van der Waals surface area contributed by atoms with Crippen LogP contribution in [0.1, 0.15) is 30.0 Å². The summed E-state index contributed by atoms with van der Waals surface area (Å²) >= 11 is 0. The van der Waals surface area contributed by atoms with E-state index in [1.165, 1.54) is 6.07 Å². The minimum atomic E-state index is -0.406. The van der Waals surface area contributed by atoms with Crippen molar-refractivity contribution in [2.45, 2.75) is 26.1 Å². The van der Waals surface area contributed by atoms with E-state index in [0.29, 0.717) is 18.1 Å². The van der Waals surface area contributed by atoms with Crippen molar-refractivity contribution in [1.82, 2.24) is 5.32 Å². The average molecular weight is 276 g/mol. The number of rotatable bonds is 6. The Morgan fingerprint density at radius 1 is 1.35 bits per heavy atom. The molecule has 6 nitrogen and oxygen atoms in total. The van der Waals surface area contributed by atoms with E-state index >= 15 is 0 Å². The molecule has 0 amide bonds. The highest BCUT2D eigenvalue weighted by molar-refractivity contribution is 5.35. The molecule has 0 spiro atoms. The number of aliphatic hydroxyl groups excluding tert-OH is 1. The fourth-order valence-electron chi connectivity index (χ4n) is 1.88. The second-order valence-electron chi connectivity index (χ2n) is 4.48. The second kappa shape index (κ2) is 6.31. The van der Waals surface area contributed by atoms with Crippen LogP contribution in [0.25, 0.3) is 0 Å². The maximum absolute atomic E-state index is 10.7. The Bertz CT molecular complexity index is 594. The Balaban J connectivity index is 1.99. The van der Waals surface area contributed by atoms with Gasteiger partial charge in [-0.15, -0.1) is 0 Å². The minimum absolute atomic E-state index is 0.0439. The number of nitrogens with zero attached hydrogens (tertiary/aromatic N) is 1. The van der Waals surface area contributed by atoms with Crippen LogP contribution in [0, 0.1) is 10.1 Å². The first-order valence-corrected chi connectivity index (χ1v) is 6.26. The Hall–Kier alpha value is -2.18. The number of non-ortho nitro benzene ring substituents is 1. The number of nitrogens with one attached hydrogen (secondary N) is 1. The molecule has 0 fully saturated rings. The lowest BCUT2D eigenvalue weighted by Gasteiger charge is -2.13. The molecule has 2 rings (SSSR count). The quantitative estimate of drug-likeness (QED) is 0.625. The highest BCUT2D eigenvalue weighted by Gasteiger charge is 2.11. The summed E-state index contributed by atoms with van der Waals surface area (Å²) in [5, 5.41) is 22.9. The second-order valence-corrected chi connectivity index (χ2v) is 4.48. The smallest absolute Gasteiger partial charge is 0.269 e. The van der Waals surface area contributed by atoms with Crippen LogP contribution in [0.2, 0.25) is 0 Å². The number of hydrogen-bond donors (Lipinski definition) is 2. The molecule has 6 heteroatoms. The summed E-state index contributed by atoms with van der Waals surface area (Å²) in [5.41, 5.74) is 0.921. The third kappa shape index (κ3) is 3.43. The summed E-state index contributed by atoms with van der Waals surface area (Å²) in [6.07, 6.45) is 0. The zero-order chi connectivity index (χ0) is 14.5. The molecule has 106 valence electrons. The Morgan fingerprint density at radius 3 is 2.75 bits per heavy atom. The number of nitro benzene ring substituents is 1. The predicted molar refractivity (Wildman–Crippen MR) is 73.0 cm³/mol. The highest BCUT2D eigenvalue weighted by atomic mass is 16.6. The Labute approximate surface area is 116 Å². The Morgan fingerprint density at radius 2 is 2.10 bits per heavy atom. The topological polar surface area (TPSA) is 88.5 Å². The first-order valence-electron chi connectivity index (χ1n) is 6.26. The van der Waals surface area contributed by atoms with Gasteiger partial charge in [-0.2, -0.15) is 0 Å². The SMILES string of the molecule is CC(NCc1ccc(CO)o1)c1cccc([N+](=O)[O-])c1. The molecule has 1 heterocycles. The number of hydrogen-bond acceptors (Lipinski definition) is 5. The lowest BCUT2D eigenvalue weighted by Crippen LogP contribution is -2.17. The van der Waals surface area contributed by atoms with Crippen LogP contribution in [0.5, 0.6) is 0 Å². The molecule has 0 aliphatic heterocycles. The fourth-order valence-corrected chi connectivity index (χ4v) is 1.88. The summed E-state index contributed by atoms with van der Waals surface area (Å²) in [6.45, 7) is 2.29. The average Bonchev–Trinajstić information content (AvgIpc) is 2.93. The Kier molecular flexibility index (Phi) is 4.49. The molecule has 0 bridgehead atoms. The monoisotopic (exact) mass is 276 g/mol. The van der Waals surface area contributed by atoms with Crippen molar-refractivity contribution >= 4 is 5.69 Å². The van der Waals surface area contributed by atoms with E-state index < -0.39 is 4.92 Å². The molecular formula is C14H16N2O4. The molecular weight excluding hydrogens is 260 g/mol. The lowest BCUT2D eigenvalue weighted by molar-refractivity contribution is -0.384. The normalized spacial score (nSPS) is 12.3. The third-order valence-corrected chi connectivity index (χ3v) is 3.04. The van der Waals surface area contributed by atoms with Crippen molar-refractivity contribution in [3.05, 3.63) is 63.6 Å². The largest absolute Gasteiger partial charge is 0.462 e. The molecule has 0 aliphatic carbocycles. The summed E-state index contributed by atoms with van der Waals surface area (Å²) in [7, 11) is 0. The molecule has 0 aliphatic rings. The molecule has 1 aromatic heterocycles. The number of furan rings is 1. The maximum atomic E-state index is 10.7. The summed E-state index contributed by atoms with van der Waals surface area (Å²) in [4.78, 5) is 10.3. The van der Waals surface area contributed by atoms with E-state index in [1.807, 2.05) is 13.0 Å². The molecule has 0 saturated heterocycles. The van der Waals surface area contributed by atoms with Crippen molar-refractivity contribution in [2.75, 3.05) is 0 Å². The molecule has 1 unspecified atom stereocenters. The van der Waals surface area contributed by atoms with E-state index in [0.717, 1.165) is 5.56 Å². The van der Waals surface area contributed by atoms with Gasteiger partial charge in [-0.3, -0.25) is 10.1 Å². The van der Waals surface area contributed by atoms with E-state index in [1.54, 1.807) is 24.3 Å². The zero-order valence-corrected chi connectivity index (χ0v) is 11.1. The molecule has 20 heavy (non-hydrogen) atoms. The van der Waals surface area contributed by atoms with Crippen molar-refractivity contribution in [3.63, 3.8) is 0 Å². The zero-order valence-electron chi connectivity index (χ0n) is 11.1. The molecule has 0 radical (unpaired) electrons. The van der Waals surface area contributed by atoms with Crippen molar-refractivity contribution < 1.29 is 14.4 Å². The van der Waals surface area contributed by atoms with Crippen LogP contribution in [-0.4, -0.2) is 10.0 Å². The van der Waals surface area contributed by atoms with Gasteiger partial charge in [-0.1, -0.05) is 12.1 Å². The van der Waals surface area contributed by atoms with Gasteiger partial charge in [0, 0.05) is 18.2 Å². The maximum Gasteiger partial charge on any atom is 0.269 e. The van der Waals surface area contributed by atoms with Gasteiger partial charge in [0.1, 0.15) is 18.1 Å². The van der Waals surface area contributed by atoms with Gasteiger partial charge in [0.15, 0.2) is 0 Å². The summed E-state index contributed by atoms with van der Waals surface area (Å²) in [5.74, 6) is 1.23. The van der Waals surface area contributed by atoms with Crippen LogP contribution in [0.15, 0.2) is 40.8 Å². The van der Waals surface area contributed by atoms with Crippen LogP contribution >= 0.6 is 0 Å². The van der Waals surface area contributed by atoms with Gasteiger partial charge in [-0.25, -0.2) is 0 Å².